The van der Waals surface area contributed by atoms with Crippen molar-refractivity contribution in [2.24, 2.45) is 0 Å². The number of unbranched alkanes of at least 4 members (excludes halogenated alkanes) is 2. The second-order valence-corrected chi connectivity index (χ2v) is 6.33. The molecule has 0 aliphatic rings. The highest BCUT2D eigenvalue weighted by Gasteiger charge is 2.10. The second-order valence-electron chi connectivity index (χ2n) is 5.47. The molecule has 0 aromatic heterocycles. The fraction of sp³-hybridized carbons (Fsp3) is 0.263. The molecule has 0 bridgehead atoms. The molecule has 5 heteroatoms. The van der Waals surface area contributed by atoms with Gasteiger partial charge in [0.15, 0.2) is 0 Å². The third kappa shape index (κ3) is 5.20. The monoisotopic (exact) mass is 388 g/mol. The lowest BCUT2D eigenvalue weighted by Gasteiger charge is -2.08. The standard InChI is InChI=1S/C19H21BrN2O2/c1-2-3-6-13-21-18(23)14-9-11-15(12-10-14)19(24)22-17-8-5-4-7-16(17)20/h4-5,7-12H,2-3,6,13H2,1H3,(H,21,23)(H,22,24). The van der Waals surface area contributed by atoms with Gasteiger partial charge in [-0.25, -0.2) is 0 Å². The van der Waals surface area contributed by atoms with Crippen LogP contribution >= 0.6 is 15.9 Å². The van der Waals surface area contributed by atoms with Crippen molar-refractivity contribution < 1.29 is 9.59 Å². The number of carbonyl (C=O) groups is 2. The van der Waals surface area contributed by atoms with Gasteiger partial charge in [-0.2, -0.15) is 0 Å². The van der Waals surface area contributed by atoms with Gasteiger partial charge in [0.1, 0.15) is 0 Å². The second kappa shape index (κ2) is 9.23. The summed E-state index contributed by atoms with van der Waals surface area (Å²) in [5.74, 6) is -0.319. The SMILES string of the molecule is CCCCCNC(=O)c1ccc(C(=O)Nc2ccccc2Br)cc1. The zero-order valence-electron chi connectivity index (χ0n) is 13.6. The molecule has 0 spiro atoms. The lowest BCUT2D eigenvalue weighted by atomic mass is 10.1. The maximum absolute atomic E-state index is 12.3. The highest BCUT2D eigenvalue weighted by atomic mass is 79.9. The Kier molecular flexibility index (Phi) is 7.00. The van der Waals surface area contributed by atoms with Gasteiger partial charge in [0.05, 0.1) is 5.69 Å². The van der Waals surface area contributed by atoms with E-state index in [1.54, 1.807) is 24.3 Å². The van der Waals surface area contributed by atoms with Crippen molar-refractivity contribution in [1.82, 2.24) is 5.32 Å². The predicted molar refractivity (Wildman–Crippen MR) is 100 cm³/mol. The van der Waals surface area contributed by atoms with Crippen molar-refractivity contribution in [3.05, 3.63) is 64.1 Å². The zero-order chi connectivity index (χ0) is 17.4. The van der Waals surface area contributed by atoms with Gasteiger partial charge in [0.2, 0.25) is 0 Å². The number of hydrogen-bond donors (Lipinski definition) is 2. The lowest BCUT2D eigenvalue weighted by molar-refractivity contribution is 0.0951. The number of amides is 2. The van der Waals surface area contributed by atoms with Crippen molar-refractivity contribution in [3.63, 3.8) is 0 Å². The molecule has 0 aliphatic heterocycles. The third-order valence-corrected chi connectivity index (χ3v) is 4.29. The molecule has 0 atom stereocenters. The van der Waals surface area contributed by atoms with Gasteiger partial charge in [0, 0.05) is 22.1 Å². The Balaban J connectivity index is 1.95. The molecule has 126 valence electrons. The van der Waals surface area contributed by atoms with E-state index < -0.39 is 0 Å². The van der Waals surface area contributed by atoms with Crippen LogP contribution < -0.4 is 10.6 Å². The van der Waals surface area contributed by atoms with Crippen molar-refractivity contribution in [3.8, 4) is 0 Å². The van der Waals surface area contributed by atoms with E-state index in [1.807, 2.05) is 24.3 Å². The van der Waals surface area contributed by atoms with E-state index in [9.17, 15) is 9.59 Å². The van der Waals surface area contributed by atoms with Crippen LogP contribution in [0.25, 0.3) is 0 Å². The third-order valence-electron chi connectivity index (χ3n) is 3.60. The van der Waals surface area contributed by atoms with Crippen LogP contribution in [0.4, 0.5) is 5.69 Å². The number of halogens is 1. The summed E-state index contributed by atoms with van der Waals surface area (Å²) < 4.78 is 0.821. The Labute approximate surface area is 150 Å². The van der Waals surface area contributed by atoms with Crippen LogP contribution in [0.2, 0.25) is 0 Å². The summed E-state index contributed by atoms with van der Waals surface area (Å²) in [4.78, 5) is 24.3. The van der Waals surface area contributed by atoms with E-state index in [2.05, 4.69) is 33.5 Å². The summed E-state index contributed by atoms with van der Waals surface area (Å²) in [6.45, 7) is 2.80. The van der Waals surface area contributed by atoms with Crippen LogP contribution in [0.1, 0.15) is 46.9 Å². The minimum absolute atomic E-state index is 0.108. The number of benzene rings is 2. The molecule has 0 unspecified atom stereocenters. The smallest absolute Gasteiger partial charge is 0.255 e. The number of nitrogens with one attached hydrogen (secondary N) is 2. The fourth-order valence-corrected chi connectivity index (χ4v) is 2.59. The predicted octanol–water partition coefficient (Wildman–Crippen LogP) is 4.62. The molecule has 0 radical (unpaired) electrons. The van der Waals surface area contributed by atoms with E-state index in [-0.39, 0.29) is 11.8 Å². The molecule has 0 saturated heterocycles. The van der Waals surface area contributed by atoms with Gasteiger partial charge in [-0.05, 0) is 58.7 Å². The first-order valence-electron chi connectivity index (χ1n) is 8.06. The summed E-state index contributed by atoms with van der Waals surface area (Å²) in [5, 5.41) is 5.72. The topological polar surface area (TPSA) is 58.2 Å². The Morgan fingerprint density at radius 1 is 0.917 bits per heavy atom. The maximum Gasteiger partial charge on any atom is 0.255 e. The maximum atomic E-state index is 12.3. The van der Waals surface area contributed by atoms with Crippen LogP contribution in [-0.4, -0.2) is 18.4 Å². The average molecular weight is 389 g/mol. The Bertz CT molecular complexity index is 699. The summed E-state index contributed by atoms with van der Waals surface area (Å²) in [6.07, 6.45) is 3.21. The molecule has 2 aromatic carbocycles. The summed E-state index contributed by atoms with van der Waals surface area (Å²) in [5.41, 5.74) is 1.78. The number of hydrogen-bond acceptors (Lipinski definition) is 2. The summed E-state index contributed by atoms with van der Waals surface area (Å²) in [6, 6.07) is 14.1. The average Bonchev–Trinajstić information content (AvgIpc) is 2.60. The van der Waals surface area contributed by atoms with Crippen molar-refractivity contribution in [1.29, 1.82) is 0 Å². The summed E-state index contributed by atoms with van der Waals surface area (Å²) >= 11 is 3.40. The van der Waals surface area contributed by atoms with E-state index in [1.165, 1.54) is 0 Å². The first-order valence-corrected chi connectivity index (χ1v) is 8.85. The molecule has 2 amide bonds. The number of anilines is 1. The van der Waals surface area contributed by atoms with Crippen LogP contribution in [0, 0.1) is 0 Å². The van der Waals surface area contributed by atoms with Gasteiger partial charge >= 0.3 is 0 Å². The lowest BCUT2D eigenvalue weighted by Crippen LogP contribution is -2.24. The quantitative estimate of drug-likeness (QED) is 0.679. The first kappa shape index (κ1) is 18.2. The highest BCUT2D eigenvalue weighted by molar-refractivity contribution is 9.10. The molecule has 2 aromatic rings. The molecule has 2 N–H and O–H groups in total. The van der Waals surface area contributed by atoms with Crippen LogP contribution in [-0.2, 0) is 0 Å². The minimum Gasteiger partial charge on any atom is -0.352 e. The van der Waals surface area contributed by atoms with Crippen molar-refractivity contribution in [2.45, 2.75) is 26.2 Å². The van der Waals surface area contributed by atoms with Gasteiger partial charge in [-0.15, -0.1) is 0 Å². The molecular weight excluding hydrogens is 368 g/mol. The van der Waals surface area contributed by atoms with Gasteiger partial charge < -0.3 is 10.6 Å². The molecule has 0 aliphatic carbocycles. The number of carbonyl (C=O) groups excluding carboxylic acids is 2. The molecule has 4 nitrogen and oxygen atoms in total. The van der Waals surface area contributed by atoms with Crippen molar-refractivity contribution in [2.75, 3.05) is 11.9 Å². The minimum atomic E-state index is -0.211. The van der Waals surface area contributed by atoms with E-state index in [0.717, 1.165) is 23.7 Å². The largest absolute Gasteiger partial charge is 0.352 e. The van der Waals surface area contributed by atoms with Crippen LogP contribution in [0.5, 0.6) is 0 Å². The Morgan fingerprint density at radius 2 is 1.54 bits per heavy atom. The molecule has 0 fully saturated rings. The van der Waals surface area contributed by atoms with Crippen LogP contribution in [0.15, 0.2) is 53.0 Å². The molecular formula is C19H21BrN2O2. The molecule has 0 heterocycles. The van der Waals surface area contributed by atoms with Crippen LogP contribution in [0.3, 0.4) is 0 Å². The summed E-state index contributed by atoms with van der Waals surface area (Å²) in [7, 11) is 0. The van der Waals surface area contributed by atoms with E-state index in [0.29, 0.717) is 23.4 Å². The van der Waals surface area contributed by atoms with E-state index in [4.69, 9.17) is 0 Å². The van der Waals surface area contributed by atoms with Gasteiger partial charge in [0.25, 0.3) is 11.8 Å². The Hall–Kier alpha value is -2.14. The Morgan fingerprint density at radius 3 is 2.17 bits per heavy atom. The van der Waals surface area contributed by atoms with E-state index >= 15 is 0 Å². The first-order chi connectivity index (χ1) is 11.6. The fourth-order valence-electron chi connectivity index (χ4n) is 2.21. The van der Waals surface area contributed by atoms with Crippen molar-refractivity contribution >= 4 is 33.4 Å². The van der Waals surface area contributed by atoms with Gasteiger partial charge in [-0.3, -0.25) is 9.59 Å². The zero-order valence-corrected chi connectivity index (χ0v) is 15.2. The molecule has 2 rings (SSSR count). The molecule has 24 heavy (non-hydrogen) atoms. The number of rotatable bonds is 7. The van der Waals surface area contributed by atoms with Gasteiger partial charge in [-0.1, -0.05) is 31.9 Å². The normalized spacial score (nSPS) is 10.2. The highest BCUT2D eigenvalue weighted by Crippen LogP contribution is 2.21. The number of para-hydroxylation sites is 1. The molecule has 0 saturated carbocycles.